The first kappa shape index (κ1) is 18.2. The minimum Gasteiger partial charge on any atom is -0.338 e. The zero-order valence-electron chi connectivity index (χ0n) is 15.9. The zero-order valence-corrected chi connectivity index (χ0v) is 16.7. The SMILES string of the molecule is CC(C)c1noc([C@H](C)Sc2nc3ccccc3c(=O)n2C2CCCC2)n1. The number of aromatic nitrogens is 4. The third-order valence-corrected chi connectivity index (χ3v) is 6.12. The Bertz CT molecular complexity index is 1000. The van der Waals surface area contributed by atoms with E-state index in [-0.39, 0.29) is 22.8 Å². The summed E-state index contributed by atoms with van der Waals surface area (Å²) in [6.07, 6.45) is 4.37. The summed E-state index contributed by atoms with van der Waals surface area (Å²) in [5.41, 5.74) is 0.787. The fourth-order valence-corrected chi connectivity index (χ4v) is 4.56. The van der Waals surface area contributed by atoms with Crippen molar-refractivity contribution in [1.82, 2.24) is 19.7 Å². The zero-order chi connectivity index (χ0) is 19.0. The Morgan fingerprint density at radius 2 is 1.89 bits per heavy atom. The lowest BCUT2D eigenvalue weighted by molar-refractivity contribution is 0.372. The summed E-state index contributed by atoms with van der Waals surface area (Å²) in [5, 5.41) is 5.40. The average molecular weight is 385 g/mol. The van der Waals surface area contributed by atoms with Crippen LogP contribution in [-0.4, -0.2) is 19.7 Å². The molecule has 0 unspecified atom stereocenters. The van der Waals surface area contributed by atoms with E-state index in [2.05, 4.69) is 10.1 Å². The van der Waals surface area contributed by atoms with Crippen LogP contribution in [0.3, 0.4) is 0 Å². The molecule has 0 spiro atoms. The van der Waals surface area contributed by atoms with Gasteiger partial charge in [0.1, 0.15) is 0 Å². The minimum absolute atomic E-state index is 0.0515. The van der Waals surface area contributed by atoms with Crippen LogP contribution in [0, 0.1) is 0 Å². The molecule has 1 aliphatic rings. The number of fused-ring (bicyclic) bond motifs is 1. The van der Waals surface area contributed by atoms with Crippen molar-refractivity contribution in [1.29, 1.82) is 0 Å². The van der Waals surface area contributed by atoms with Crippen LogP contribution in [0.4, 0.5) is 0 Å². The molecule has 2 aromatic heterocycles. The predicted octanol–water partition coefficient (Wildman–Crippen LogP) is 4.87. The maximum Gasteiger partial charge on any atom is 0.262 e. The molecule has 6 nitrogen and oxygen atoms in total. The van der Waals surface area contributed by atoms with E-state index in [1.54, 1.807) is 0 Å². The molecule has 1 saturated carbocycles. The Hall–Kier alpha value is -2.15. The van der Waals surface area contributed by atoms with Gasteiger partial charge in [0, 0.05) is 12.0 Å². The van der Waals surface area contributed by atoms with Gasteiger partial charge in [0.15, 0.2) is 11.0 Å². The van der Waals surface area contributed by atoms with Crippen LogP contribution < -0.4 is 5.56 Å². The molecule has 3 aromatic rings. The highest BCUT2D eigenvalue weighted by Gasteiger charge is 2.26. The van der Waals surface area contributed by atoms with E-state index in [0.717, 1.165) is 36.4 Å². The summed E-state index contributed by atoms with van der Waals surface area (Å²) in [5.74, 6) is 1.50. The lowest BCUT2D eigenvalue weighted by atomic mass is 10.2. The Morgan fingerprint density at radius 1 is 1.15 bits per heavy atom. The van der Waals surface area contributed by atoms with Gasteiger partial charge in [-0.2, -0.15) is 4.98 Å². The summed E-state index contributed by atoms with van der Waals surface area (Å²) < 4.78 is 7.34. The van der Waals surface area contributed by atoms with Crippen LogP contribution in [0.25, 0.3) is 10.9 Å². The van der Waals surface area contributed by atoms with Gasteiger partial charge in [0.05, 0.1) is 16.2 Å². The summed E-state index contributed by atoms with van der Waals surface area (Å²) >= 11 is 1.52. The number of para-hydroxylation sites is 1. The van der Waals surface area contributed by atoms with Crippen LogP contribution in [0.2, 0.25) is 0 Å². The average Bonchev–Trinajstić information content (AvgIpc) is 3.34. The van der Waals surface area contributed by atoms with Crippen molar-refractivity contribution < 1.29 is 4.52 Å². The smallest absolute Gasteiger partial charge is 0.262 e. The normalized spacial score (nSPS) is 16.4. The molecular weight excluding hydrogens is 360 g/mol. The molecular formula is C20H24N4O2S. The van der Waals surface area contributed by atoms with Crippen molar-refractivity contribution in [3.8, 4) is 0 Å². The molecule has 1 aliphatic carbocycles. The number of hydrogen-bond acceptors (Lipinski definition) is 6. The van der Waals surface area contributed by atoms with Gasteiger partial charge in [0.2, 0.25) is 5.89 Å². The molecule has 1 fully saturated rings. The van der Waals surface area contributed by atoms with Gasteiger partial charge in [-0.1, -0.05) is 55.7 Å². The first-order valence-electron chi connectivity index (χ1n) is 9.56. The van der Waals surface area contributed by atoms with Gasteiger partial charge in [0.25, 0.3) is 5.56 Å². The second kappa shape index (κ2) is 7.46. The maximum absolute atomic E-state index is 13.2. The lowest BCUT2D eigenvalue weighted by Crippen LogP contribution is -2.26. The van der Waals surface area contributed by atoms with Gasteiger partial charge >= 0.3 is 0 Å². The Labute approximate surface area is 162 Å². The fourth-order valence-electron chi connectivity index (χ4n) is 3.55. The number of hydrogen-bond donors (Lipinski definition) is 0. The second-order valence-corrected chi connectivity index (χ2v) is 8.74. The maximum atomic E-state index is 13.2. The molecule has 0 radical (unpaired) electrons. The van der Waals surface area contributed by atoms with Crippen LogP contribution in [0.5, 0.6) is 0 Å². The van der Waals surface area contributed by atoms with Crippen molar-refractivity contribution in [2.75, 3.05) is 0 Å². The third kappa shape index (κ3) is 3.52. The van der Waals surface area contributed by atoms with E-state index in [1.165, 1.54) is 11.8 Å². The van der Waals surface area contributed by atoms with Crippen molar-refractivity contribution in [3.05, 3.63) is 46.3 Å². The van der Waals surface area contributed by atoms with E-state index >= 15 is 0 Å². The van der Waals surface area contributed by atoms with E-state index in [9.17, 15) is 4.79 Å². The lowest BCUT2D eigenvalue weighted by Gasteiger charge is -2.19. The Morgan fingerprint density at radius 3 is 2.59 bits per heavy atom. The van der Waals surface area contributed by atoms with E-state index in [4.69, 9.17) is 9.51 Å². The van der Waals surface area contributed by atoms with E-state index < -0.39 is 0 Å². The molecule has 27 heavy (non-hydrogen) atoms. The summed E-state index contributed by atoms with van der Waals surface area (Å²) in [4.78, 5) is 22.5. The highest BCUT2D eigenvalue weighted by Crippen LogP contribution is 2.37. The summed E-state index contributed by atoms with van der Waals surface area (Å²) in [7, 11) is 0. The first-order valence-corrected chi connectivity index (χ1v) is 10.4. The van der Waals surface area contributed by atoms with Gasteiger partial charge in [-0.25, -0.2) is 4.98 Å². The fraction of sp³-hybridized carbons (Fsp3) is 0.500. The largest absolute Gasteiger partial charge is 0.338 e. The van der Waals surface area contributed by atoms with Crippen LogP contribution >= 0.6 is 11.8 Å². The van der Waals surface area contributed by atoms with Gasteiger partial charge in [-0.15, -0.1) is 0 Å². The van der Waals surface area contributed by atoms with E-state index in [0.29, 0.717) is 17.1 Å². The monoisotopic (exact) mass is 384 g/mol. The highest BCUT2D eigenvalue weighted by atomic mass is 32.2. The molecule has 2 heterocycles. The molecule has 0 saturated heterocycles. The molecule has 1 aromatic carbocycles. The van der Waals surface area contributed by atoms with Gasteiger partial charge in [-0.3, -0.25) is 9.36 Å². The van der Waals surface area contributed by atoms with Gasteiger partial charge in [-0.05, 0) is 31.9 Å². The van der Waals surface area contributed by atoms with Crippen molar-refractivity contribution >= 4 is 22.7 Å². The standard InChI is InChI=1S/C20H24N4O2S/c1-12(2)17-22-18(26-23-17)13(3)27-20-21-16-11-7-6-10-15(16)19(25)24(20)14-8-4-5-9-14/h6-7,10-14H,4-5,8-9H2,1-3H3/t13-/m0/s1. The molecule has 0 N–H and O–H groups in total. The van der Waals surface area contributed by atoms with E-state index in [1.807, 2.05) is 49.6 Å². The quantitative estimate of drug-likeness (QED) is 0.461. The van der Waals surface area contributed by atoms with Crippen molar-refractivity contribution in [3.63, 3.8) is 0 Å². The van der Waals surface area contributed by atoms with Crippen molar-refractivity contribution in [2.24, 2.45) is 0 Å². The molecule has 4 rings (SSSR count). The third-order valence-electron chi connectivity index (χ3n) is 5.07. The molecule has 0 bridgehead atoms. The molecule has 142 valence electrons. The summed E-state index contributed by atoms with van der Waals surface area (Å²) in [6.45, 7) is 6.09. The number of rotatable bonds is 5. The topological polar surface area (TPSA) is 73.8 Å². The molecule has 0 amide bonds. The predicted molar refractivity (Wildman–Crippen MR) is 106 cm³/mol. The van der Waals surface area contributed by atoms with Crippen LogP contribution in [0.15, 0.2) is 38.7 Å². The Balaban J connectivity index is 1.74. The molecule has 1 atom stereocenters. The number of benzene rings is 1. The van der Waals surface area contributed by atoms with Crippen LogP contribution in [0.1, 0.15) is 75.4 Å². The highest BCUT2D eigenvalue weighted by molar-refractivity contribution is 7.99. The first-order chi connectivity index (χ1) is 13.0. The molecule has 7 heteroatoms. The Kier molecular flexibility index (Phi) is 5.04. The molecule has 0 aliphatic heterocycles. The number of nitrogens with zero attached hydrogens (tertiary/aromatic N) is 4. The van der Waals surface area contributed by atoms with Crippen molar-refractivity contribution in [2.45, 2.75) is 68.8 Å². The second-order valence-electron chi connectivity index (χ2n) is 7.43. The van der Waals surface area contributed by atoms with Crippen LogP contribution in [-0.2, 0) is 0 Å². The van der Waals surface area contributed by atoms with Gasteiger partial charge < -0.3 is 4.52 Å². The minimum atomic E-state index is -0.0780. The number of thioether (sulfide) groups is 1. The summed E-state index contributed by atoms with van der Waals surface area (Å²) in [6, 6.07) is 7.79.